The van der Waals surface area contributed by atoms with E-state index in [9.17, 15) is 8.42 Å². The van der Waals surface area contributed by atoms with Gasteiger partial charge in [-0.1, -0.05) is 0 Å². The quantitative estimate of drug-likeness (QED) is 0.843. The second-order valence-electron chi connectivity index (χ2n) is 4.92. The maximum Gasteiger partial charge on any atom is 0.148 e. The molecule has 0 saturated carbocycles. The molecule has 1 aromatic heterocycles. The van der Waals surface area contributed by atoms with Crippen molar-refractivity contribution in [3.05, 3.63) is 12.3 Å². The van der Waals surface area contributed by atoms with Gasteiger partial charge in [-0.25, -0.2) is 8.42 Å². The van der Waals surface area contributed by atoms with Crippen LogP contribution in [0.1, 0.15) is 18.9 Å². The Labute approximate surface area is 108 Å². The molecule has 0 bridgehead atoms. The molecule has 18 heavy (non-hydrogen) atoms. The van der Waals surface area contributed by atoms with Crippen molar-refractivity contribution in [2.75, 3.05) is 37.4 Å². The van der Waals surface area contributed by atoms with Crippen molar-refractivity contribution < 1.29 is 8.42 Å². The zero-order valence-corrected chi connectivity index (χ0v) is 11.4. The molecule has 1 saturated heterocycles. The van der Waals surface area contributed by atoms with Gasteiger partial charge in [0.2, 0.25) is 0 Å². The van der Waals surface area contributed by atoms with Crippen LogP contribution in [0.25, 0.3) is 0 Å². The minimum Gasteiger partial charge on any atom is -0.382 e. The Morgan fingerprint density at radius 1 is 1.44 bits per heavy atom. The molecular formula is C11H20N4O2S. The van der Waals surface area contributed by atoms with Crippen LogP contribution in [0.15, 0.2) is 12.3 Å². The minimum atomic E-state index is -2.86. The Kier molecular flexibility index (Phi) is 3.91. The first-order chi connectivity index (χ1) is 8.44. The number of sulfone groups is 1. The lowest BCUT2D eigenvalue weighted by molar-refractivity contribution is 0.188. The molecule has 1 aromatic rings. The molecule has 2 heterocycles. The summed E-state index contributed by atoms with van der Waals surface area (Å²) in [6.45, 7) is 2.46. The Hall–Kier alpha value is -1.08. The molecule has 0 unspecified atom stereocenters. The van der Waals surface area contributed by atoms with Gasteiger partial charge < -0.3 is 10.6 Å². The highest BCUT2D eigenvalue weighted by atomic mass is 32.2. The van der Waals surface area contributed by atoms with Crippen molar-refractivity contribution in [2.24, 2.45) is 0 Å². The van der Waals surface area contributed by atoms with Crippen LogP contribution in [-0.4, -0.2) is 54.7 Å². The molecule has 2 rings (SSSR count). The third kappa shape index (κ3) is 3.71. The number of rotatable bonds is 4. The Morgan fingerprint density at radius 3 is 2.61 bits per heavy atom. The second kappa shape index (κ2) is 5.27. The predicted octanol–water partition coefficient (Wildman–Crippen LogP) is 0.147. The van der Waals surface area contributed by atoms with E-state index in [0.29, 0.717) is 18.4 Å². The first-order valence-electron chi connectivity index (χ1n) is 6.15. The van der Waals surface area contributed by atoms with Crippen LogP contribution < -0.4 is 5.73 Å². The largest absolute Gasteiger partial charge is 0.382 e. The molecule has 1 aliphatic rings. The van der Waals surface area contributed by atoms with Gasteiger partial charge in [0.05, 0.1) is 11.8 Å². The topological polar surface area (TPSA) is 81.2 Å². The molecule has 6 nitrogen and oxygen atoms in total. The van der Waals surface area contributed by atoms with Gasteiger partial charge in [-0.2, -0.15) is 5.10 Å². The highest BCUT2D eigenvalue weighted by molar-refractivity contribution is 7.90. The number of nitrogens with zero attached hydrogens (tertiary/aromatic N) is 3. The monoisotopic (exact) mass is 272 g/mol. The van der Waals surface area contributed by atoms with Crippen molar-refractivity contribution in [2.45, 2.75) is 18.9 Å². The number of hydrogen-bond acceptors (Lipinski definition) is 5. The fourth-order valence-electron chi connectivity index (χ4n) is 2.26. The summed E-state index contributed by atoms with van der Waals surface area (Å²) in [6.07, 6.45) is 5.17. The van der Waals surface area contributed by atoms with E-state index in [1.54, 1.807) is 6.07 Å². The fourth-order valence-corrected chi connectivity index (χ4v) is 2.85. The van der Waals surface area contributed by atoms with Gasteiger partial charge in [-0.05, 0) is 18.9 Å². The van der Waals surface area contributed by atoms with Gasteiger partial charge in [-0.3, -0.25) is 4.68 Å². The molecule has 7 heteroatoms. The smallest absolute Gasteiger partial charge is 0.148 e. The first-order valence-corrected chi connectivity index (χ1v) is 8.21. The van der Waals surface area contributed by atoms with E-state index in [2.05, 4.69) is 10.00 Å². The lowest BCUT2D eigenvalue weighted by Crippen LogP contribution is -2.37. The van der Waals surface area contributed by atoms with Crippen molar-refractivity contribution in [3.8, 4) is 0 Å². The maximum atomic E-state index is 11.1. The summed E-state index contributed by atoms with van der Waals surface area (Å²) in [5.41, 5.74) is 5.60. The minimum absolute atomic E-state index is 0.242. The summed E-state index contributed by atoms with van der Waals surface area (Å²) in [6, 6.07) is 2.19. The number of nitrogen functional groups attached to an aromatic ring is 1. The van der Waals surface area contributed by atoms with Gasteiger partial charge in [0.15, 0.2) is 0 Å². The van der Waals surface area contributed by atoms with Crippen LogP contribution in [0.4, 0.5) is 5.82 Å². The van der Waals surface area contributed by atoms with Crippen LogP contribution in [0.5, 0.6) is 0 Å². The molecular weight excluding hydrogens is 252 g/mol. The van der Waals surface area contributed by atoms with E-state index in [1.807, 2.05) is 10.9 Å². The molecule has 0 aromatic carbocycles. The van der Waals surface area contributed by atoms with Gasteiger partial charge in [0.25, 0.3) is 0 Å². The summed E-state index contributed by atoms with van der Waals surface area (Å²) in [5.74, 6) is 0.793. The number of nitrogens with two attached hydrogens (primary N) is 1. The van der Waals surface area contributed by atoms with Crippen molar-refractivity contribution >= 4 is 15.7 Å². The molecule has 0 radical (unpaired) electrons. The zero-order chi connectivity index (χ0) is 13.2. The SMILES string of the molecule is CS(=O)(=O)CCN1CCC(n2ccc(N)n2)CC1. The highest BCUT2D eigenvalue weighted by Gasteiger charge is 2.21. The fraction of sp³-hybridized carbons (Fsp3) is 0.727. The number of likely N-dealkylation sites (tertiary alicyclic amines) is 1. The van der Waals surface area contributed by atoms with Crippen LogP contribution in [0.2, 0.25) is 0 Å². The normalized spacial score (nSPS) is 19.2. The molecule has 0 spiro atoms. The molecule has 0 amide bonds. The number of piperidine rings is 1. The third-order valence-electron chi connectivity index (χ3n) is 3.34. The summed E-state index contributed by atoms with van der Waals surface area (Å²) >= 11 is 0. The van der Waals surface area contributed by atoms with Crippen LogP contribution >= 0.6 is 0 Å². The molecule has 0 aliphatic carbocycles. The van der Waals surface area contributed by atoms with Crippen molar-refractivity contribution in [1.82, 2.24) is 14.7 Å². The average molecular weight is 272 g/mol. The molecule has 0 atom stereocenters. The summed E-state index contributed by atoms with van der Waals surface area (Å²) in [4.78, 5) is 2.20. The van der Waals surface area contributed by atoms with Crippen LogP contribution in [-0.2, 0) is 9.84 Å². The average Bonchev–Trinajstić information content (AvgIpc) is 2.73. The zero-order valence-electron chi connectivity index (χ0n) is 10.6. The Balaban J connectivity index is 1.81. The lowest BCUT2D eigenvalue weighted by Gasteiger charge is -2.31. The van der Waals surface area contributed by atoms with E-state index in [0.717, 1.165) is 25.9 Å². The van der Waals surface area contributed by atoms with Crippen molar-refractivity contribution in [3.63, 3.8) is 0 Å². The molecule has 102 valence electrons. The molecule has 1 fully saturated rings. The van der Waals surface area contributed by atoms with Gasteiger partial charge >= 0.3 is 0 Å². The van der Waals surface area contributed by atoms with E-state index in [4.69, 9.17) is 5.73 Å². The standard InChI is InChI=1S/C11H20N4O2S/c1-18(16,17)9-8-14-5-2-10(3-6-14)15-7-4-11(12)13-15/h4,7,10H,2-3,5-6,8-9H2,1H3,(H2,12,13). The second-order valence-corrected chi connectivity index (χ2v) is 7.18. The van der Waals surface area contributed by atoms with Gasteiger partial charge in [0, 0.05) is 32.1 Å². The van der Waals surface area contributed by atoms with Crippen LogP contribution in [0.3, 0.4) is 0 Å². The van der Waals surface area contributed by atoms with Gasteiger partial charge in [0.1, 0.15) is 15.7 Å². The van der Waals surface area contributed by atoms with E-state index in [1.165, 1.54) is 6.26 Å². The summed E-state index contributed by atoms with van der Waals surface area (Å²) < 4.78 is 24.1. The molecule has 1 aliphatic heterocycles. The van der Waals surface area contributed by atoms with Crippen molar-refractivity contribution in [1.29, 1.82) is 0 Å². The maximum absolute atomic E-state index is 11.1. The Morgan fingerprint density at radius 2 is 2.11 bits per heavy atom. The first kappa shape index (κ1) is 13.4. The Bertz CT molecular complexity index is 489. The summed E-state index contributed by atoms with van der Waals surface area (Å²) in [7, 11) is -2.86. The number of hydrogen-bond donors (Lipinski definition) is 1. The lowest BCUT2D eigenvalue weighted by atomic mass is 10.1. The number of aromatic nitrogens is 2. The van der Waals surface area contributed by atoms with Crippen LogP contribution in [0, 0.1) is 0 Å². The number of anilines is 1. The van der Waals surface area contributed by atoms with E-state index >= 15 is 0 Å². The van der Waals surface area contributed by atoms with Gasteiger partial charge in [-0.15, -0.1) is 0 Å². The molecule has 2 N–H and O–H groups in total. The summed E-state index contributed by atoms with van der Waals surface area (Å²) in [5, 5.41) is 4.22. The third-order valence-corrected chi connectivity index (χ3v) is 4.26. The van der Waals surface area contributed by atoms with E-state index < -0.39 is 9.84 Å². The predicted molar refractivity (Wildman–Crippen MR) is 71.1 cm³/mol. The van der Waals surface area contributed by atoms with E-state index in [-0.39, 0.29) is 5.75 Å². The highest BCUT2D eigenvalue weighted by Crippen LogP contribution is 2.22.